The molecule has 0 saturated heterocycles. The zero-order chi connectivity index (χ0) is 28.1. The molecule has 4 rings (SSSR count). The first-order valence-electron chi connectivity index (χ1n) is 12.3. The van der Waals surface area contributed by atoms with Gasteiger partial charge in [-0.25, -0.2) is 9.97 Å². The second-order valence-electron chi connectivity index (χ2n) is 9.23. The van der Waals surface area contributed by atoms with Gasteiger partial charge in [-0.1, -0.05) is 6.08 Å². The lowest BCUT2D eigenvalue weighted by Gasteiger charge is -2.14. The standard InChI is InChI=1S/C29H30FN5O4/c1-18(39-19(2)36)35-17-26(20-8-9-31-27(30)14-20)25-13-22(16-32-29(25)35)21-11-23(15-24(12-21)38-5)33-28(37)7-6-10-34(3)4/h6-9,11-18H,10H2,1-5H3,(H,33,37)/b7-6+. The van der Waals surface area contributed by atoms with Crippen LogP contribution in [0.2, 0.25) is 0 Å². The zero-order valence-electron chi connectivity index (χ0n) is 22.4. The predicted octanol–water partition coefficient (Wildman–Crippen LogP) is 5.05. The molecule has 0 aliphatic heterocycles. The molecule has 10 heteroatoms. The van der Waals surface area contributed by atoms with E-state index in [1.807, 2.05) is 37.2 Å². The van der Waals surface area contributed by atoms with Crippen LogP contribution in [0.5, 0.6) is 5.75 Å². The van der Waals surface area contributed by atoms with Gasteiger partial charge in [0.2, 0.25) is 11.9 Å². The van der Waals surface area contributed by atoms with Crippen LogP contribution in [0.1, 0.15) is 20.1 Å². The van der Waals surface area contributed by atoms with E-state index in [0.717, 1.165) is 16.5 Å². The topological polar surface area (TPSA) is 98.6 Å². The van der Waals surface area contributed by atoms with Crippen LogP contribution in [0.3, 0.4) is 0 Å². The minimum absolute atomic E-state index is 0.261. The quantitative estimate of drug-likeness (QED) is 0.183. The van der Waals surface area contributed by atoms with Gasteiger partial charge in [0.05, 0.1) is 7.11 Å². The Morgan fingerprint density at radius 3 is 2.62 bits per heavy atom. The molecule has 1 aromatic carbocycles. The Bertz CT molecular complexity index is 1550. The number of carbonyl (C=O) groups excluding carboxylic acids is 2. The van der Waals surface area contributed by atoms with Crippen LogP contribution in [0.25, 0.3) is 33.3 Å². The molecular formula is C29H30FN5O4. The van der Waals surface area contributed by atoms with Crippen molar-refractivity contribution in [3.05, 3.63) is 73.1 Å². The lowest BCUT2D eigenvalue weighted by Crippen LogP contribution is -2.13. The third kappa shape index (κ3) is 6.66. The van der Waals surface area contributed by atoms with Gasteiger partial charge in [0.1, 0.15) is 11.4 Å². The molecule has 1 unspecified atom stereocenters. The van der Waals surface area contributed by atoms with Crippen molar-refractivity contribution in [3.8, 4) is 28.0 Å². The summed E-state index contributed by atoms with van der Waals surface area (Å²) < 4.78 is 26.6. The SMILES string of the molecule is COc1cc(NC(=O)/C=C/CN(C)C)cc(-c2cnc3c(c2)c(-c2ccnc(F)c2)cn3C(C)OC(C)=O)c1. The molecule has 0 aliphatic rings. The number of rotatable bonds is 9. The Morgan fingerprint density at radius 2 is 1.92 bits per heavy atom. The molecule has 1 N–H and O–H groups in total. The number of amides is 1. The number of pyridine rings is 2. The number of hydrogen-bond donors (Lipinski definition) is 1. The van der Waals surface area contributed by atoms with Gasteiger partial charge in [-0.05, 0) is 56.4 Å². The number of ether oxygens (including phenoxy) is 2. The van der Waals surface area contributed by atoms with E-state index in [1.54, 1.807) is 49.2 Å². The fourth-order valence-corrected chi connectivity index (χ4v) is 4.17. The first kappa shape index (κ1) is 27.5. The van der Waals surface area contributed by atoms with Crippen molar-refractivity contribution in [1.82, 2.24) is 19.4 Å². The zero-order valence-corrected chi connectivity index (χ0v) is 22.4. The van der Waals surface area contributed by atoms with Crippen molar-refractivity contribution >= 4 is 28.6 Å². The second kappa shape index (κ2) is 11.9. The highest BCUT2D eigenvalue weighted by atomic mass is 19.1. The molecule has 0 bridgehead atoms. The van der Waals surface area contributed by atoms with Crippen LogP contribution in [0.15, 0.2) is 67.1 Å². The number of nitrogens with one attached hydrogen (secondary N) is 1. The van der Waals surface area contributed by atoms with E-state index in [4.69, 9.17) is 9.47 Å². The van der Waals surface area contributed by atoms with Gasteiger partial charge < -0.3 is 19.7 Å². The fourth-order valence-electron chi connectivity index (χ4n) is 4.17. The third-order valence-corrected chi connectivity index (χ3v) is 5.92. The number of nitrogens with zero attached hydrogens (tertiary/aromatic N) is 4. The summed E-state index contributed by atoms with van der Waals surface area (Å²) in [5.41, 5.74) is 3.91. The maximum atomic E-state index is 14.0. The van der Waals surface area contributed by atoms with E-state index >= 15 is 0 Å². The van der Waals surface area contributed by atoms with Crippen molar-refractivity contribution < 1.29 is 23.5 Å². The number of anilines is 1. The molecule has 39 heavy (non-hydrogen) atoms. The molecule has 4 aromatic rings. The fraction of sp³-hybridized carbons (Fsp3) is 0.241. The molecular weight excluding hydrogens is 501 g/mol. The normalized spacial score (nSPS) is 12.2. The summed E-state index contributed by atoms with van der Waals surface area (Å²) >= 11 is 0. The second-order valence-corrected chi connectivity index (χ2v) is 9.23. The average Bonchev–Trinajstić information content (AvgIpc) is 3.27. The number of aromatic nitrogens is 3. The smallest absolute Gasteiger partial charge is 0.304 e. The molecule has 0 aliphatic carbocycles. The summed E-state index contributed by atoms with van der Waals surface area (Å²) in [5.74, 6) is -0.751. The monoisotopic (exact) mass is 531 g/mol. The van der Waals surface area contributed by atoms with Crippen LogP contribution < -0.4 is 10.1 Å². The summed E-state index contributed by atoms with van der Waals surface area (Å²) in [5, 5.41) is 3.59. The number of likely N-dealkylation sites (N-methyl/N-ethyl adjacent to an activating group) is 1. The molecule has 1 amide bonds. The average molecular weight is 532 g/mol. The van der Waals surface area contributed by atoms with E-state index in [2.05, 4.69) is 15.3 Å². The Balaban J connectivity index is 1.79. The number of halogens is 1. The van der Waals surface area contributed by atoms with Crippen molar-refractivity contribution in [3.63, 3.8) is 0 Å². The van der Waals surface area contributed by atoms with Crippen LogP contribution in [-0.4, -0.2) is 59.1 Å². The van der Waals surface area contributed by atoms with Gasteiger partial charge in [-0.3, -0.25) is 14.2 Å². The maximum Gasteiger partial charge on any atom is 0.304 e. The Kier molecular flexibility index (Phi) is 8.36. The van der Waals surface area contributed by atoms with Gasteiger partial charge in [0, 0.05) is 72.5 Å². The summed E-state index contributed by atoms with van der Waals surface area (Å²) in [7, 11) is 5.39. The number of hydrogen-bond acceptors (Lipinski definition) is 7. The van der Waals surface area contributed by atoms with E-state index in [-0.39, 0.29) is 5.91 Å². The minimum Gasteiger partial charge on any atom is -0.497 e. The van der Waals surface area contributed by atoms with Crippen LogP contribution in [-0.2, 0) is 14.3 Å². The molecule has 0 saturated carbocycles. The van der Waals surface area contributed by atoms with E-state index in [1.165, 1.54) is 25.3 Å². The summed E-state index contributed by atoms with van der Waals surface area (Å²) in [6, 6.07) is 10.4. The molecule has 0 spiro atoms. The van der Waals surface area contributed by atoms with Crippen molar-refractivity contribution in [2.24, 2.45) is 0 Å². The van der Waals surface area contributed by atoms with Crippen molar-refractivity contribution in [2.45, 2.75) is 20.1 Å². The Morgan fingerprint density at radius 1 is 1.13 bits per heavy atom. The number of benzene rings is 1. The molecule has 3 aromatic heterocycles. The molecule has 3 heterocycles. The van der Waals surface area contributed by atoms with Gasteiger partial charge in [-0.15, -0.1) is 0 Å². The first-order valence-corrected chi connectivity index (χ1v) is 12.3. The van der Waals surface area contributed by atoms with Crippen LogP contribution >= 0.6 is 0 Å². The first-order chi connectivity index (χ1) is 18.6. The summed E-state index contributed by atoms with van der Waals surface area (Å²) in [6.07, 6.45) is 7.49. The Labute approximate surface area is 225 Å². The lowest BCUT2D eigenvalue weighted by atomic mass is 10.0. The van der Waals surface area contributed by atoms with Crippen molar-refractivity contribution in [2.75, 3.05) is 33.1 Å². The van der Waals surface area contributed by atoms with E-state index in [9.17, 15) is 14.0 Å². The number of fused-ring (bicyclic) bond motifs is 1. The van der Waals surface area contributed by atoms with Crippen LogP contribution in [0.4, 0.5) is 10.1 Å². The highest BCUT2D eigenvalue weighted by Gasteiger charge is 2.19. The molecule has 0 fully saturated rings. The number of esters is 1. The molecule has 0 radical (unpaired) electrons. The van der Waals surface area contributed by atoms with Crippen LogP contribution in [0, 0.1) is 5.95 Å². The summed E-state index contributed by atoms with van der Waals surface area (Å²) in [6.45, 7) is 3.71. The highest BCUT2D eigenvalue weighted by molar-refractivity contribution is 6.00. The van der Waals surface area contributed by atoms with Gasteiger partial charge in [0.15, 0.2) is 6.23 Å². The number of methoxy groups -OCH3 is 1. The largest absolute Gasteiger partial charge is 0.497 e. The lowest BCUT2D eigenvalue weighted by molar-refractivity contribution is -0.149. The van der Waals surface area contributed by atoms with Gasteiger partial charge in [0.25, 0.3) is 0 Å². The molecule has 9 nitrogen and oxygen atoms in total. The maximum absolute atomic E-state index is 14.0. The minimum atomic E-state index is -0.636. The predicted molar refractivity (Wildman–Crippen MR) is 148 cm³/mol. The van der Waals surface area contributed by atoms with Gasteiger partial charge in [-0.2, -0.15) is 4.39 Å². The third-order valence-electron chi connectivity index (χ3n) is 5.92. The van der Waals surface area contributed by atoms with E-state index in [0.29, 0.717) is 34.8 Å². The van der Waals surface area contributed by atoms with Gasteiger partial charge >= 0.3 is 5.97 Å². The number of carbonyl (C=O) groups is 2. The Hall–Kier alpha value is -4.57. The molecule has 1 atom stereocenters. The van der Waals surface area contributed by atoms with Crippen molar-refractivity contribution in [1.29, 1.82) is 0 Å². The van der Waals surface area contributed by atoms with E-state index < -0.39 is 18.1 Å². The highest BCUT2D eigenvalue weighted by Crippen LogP contribution is 2.36. The molecule has 202 valence electrons. The summed E-state index contributed by atoms with van der Waals surface area (Å²) in [4.78, 5) is 34.3.